The Bertz CT molecular complexity index is 470. The van der Waals surface area contributed by atoms with E-state index in [2.05, 4.69) is 0 Å². The van der Waals surface area contributed by atoms with Crippen LogP contribution in [0, 0.1) is 0 Å². The van der Waals surface area contributed by atoms with Gasteiger partial charge in [-0.1, -0.05) is 30.3 Å². The van der Waals surface area contributed by atoms with Gasteiger partial charge in [-0.25, -0.2) is 17.9 Å². The molecule has 0 amide bonds. The van der Waals surface area contributed by atoms with Crippen LogP contribution >= 0.6 is 0 Å². The van der Waals surface area contributed by atoms with E-state index in [4.69, 9.17) is 5.14 Å². The highest BCUT2D eigenvalue weighted by Crippen LogP contribution is 2.14. The SMILES string of the molecule is CC(F)C(C(=O)c1ccccc1)S(N)(=O)=O. The molecule has 0 heterocycles. The Balaban J connectivity index is 3.13. The van der Waals surface area contributed by atoms with E-state index in [-0.39, 0.29) is 5.56 Å². The van der Waals surface area contributed by atoms with E-state index < -0.39 is 27.2 Å². The van der Waals surface area contributed by atoms with Crippen LogP contribution in [0.1, 0.15) is 17.3 Å². The highest BCUT2D eigenvalue weighted by molar-refractivity contribution is 7.90. The predicted octanol–water partition coefficient (Wildman–Crippen LogP) is 0.884. The minimum atomic E-state index is -4.24. The molecule has 0 fully saturated rings. The molecule has 1 aromatic rings. The molecule has 2 atom stereocenters. The lowest BCUT2D eigenvalue weighted by Crippen LogP contribution is -2.41. The van der Waals surface area contributed by atoms with Crippen molar-refractivity contribution >= 4 is 15.8 Å². The van der Waals surface area contributed by atoms with Crippen LogP contribution in [-0.4, -0.2) is 25.6 Å². The van der Waals surface area contributed by atoms with Gasteiger partial charge in [-0.05, 0) is 6.92 Å². The largest absolute Gasteiger partial charge is 0.293 e. The summed E-state index contributed by atoms with van der Waals surface area (Å²) in [6, 6.07) is 7.64. The summed E-state index contributed by atoms with van der Waals surface area (Å²) in [4.78, 5) is 11.7. The average molecular weight is 245 g/mol. The quantitative estimate of drug-likeness (QED) is 0.800. The summed E-state index contributed by atoms with van der Waals surface area (Å²) in [5.74, 6) is -0.821. The number of Topliss-reactive ketones (excluding diaryl/α,β-unsaturated/α-hetero) is 1. The first-order chi connectivity index (χ1) is 7.34. The smallest absolute Gasteiger partial charge is 0.222 e. The molecule has 0 radical (unpaired) electrons. The van der Waals surface area contributed by atoms with Crippen molar-refractivity contribution in [1.29, 1.82) is 0 Å². The van der Waals surface area contributed by atoms with Gasteiger partial charge in [0.1, 0.15) is 6.17 Å². The number of rotatable bonds is 4. The number of benzene rings is 1. The molecule has 0 saturated carbocycles. The van der Waals surface area contributed by atoms with Crippen LogP contribution in [0.25, 0.3) is 0 Å². The number of halogens is 1. The molecular formula is C10H12FNO3S. The van der Waals surface area contributed by atoms with Crippen LogP contribution < -0.4 is 5.14 Å². The van der Waals surface area contributed by atoms with E-state index >= 15 is 0 Å². The average Bonchev–Trinajstić information content (AvgIpc) is 2.16. The number of alkyl halides is 1. The van der Waals surface area contributed by atoms with E-state index in [1.165, 1.54) is 12.1 Å². The van der Waals surface area contributed by atoms with Crippen molar-refractivity contribution in [3.8, 4) is 0 Å². The van der Waals surface area contributed by atoms with Gasteiger partial charge in [-0.3, -0.25) is 4.79 Å². The van der Waals surface area contributed by atoms with Crippen molar-refractivity contribution in [3.63, 3.8) is 0 Å². The summed E-state index contributed by atoms with van der Waals surface area (Å²) < 4.78 is 35.3. The Hall–Kier alpha value is -1.27. The highest BCUT2D eigenvalue weighted by atomic mass is 32.2. The molecule has 0 aliphatic rings. The van der Waals surface area contributed by atoms with Crippen LogP contribution in [-0.2, 0) is 10.0 Å². The zero-order valence-electron chi connectivity index (χ0n) is 8.63. The molecule has 0 aliphatic carbocycles. The Morgan fingerprint density at radius 3 is 2.19 bits per heavy atom. The van der Waals surface area contributed by atoms with E-state index in [9.17, 15) is 17.6 Å². The van der Waals surface area contributed by atoms with E-state index in [1.807, 2.05) is 0 Å². The molecule has 0 spiro atoms. The molecule has 2 unspecified atom stereocenters. The summed E-state index contributed by atoms with van der Waals surface area (Å²) >= 11 is 0. The van der Waals surface area contributed by atoms with E-state index in [1.54, 1.807) is 18.2 Å². The minimum absolute atomic E-state index is 0.131. The first kappa shape index (κ1) is 12.8. The molecule has 4 nitrogen and oxygen atoms in total. The zero-order chi connectivity index (χ0) is 12.3. The first-order valence-corrected chi connectivity index (χ1v) is 6.20. The maximum atomic E-state index is 13.1. The number of carbonyl (C=O) groups excluding carboxylic acids is 1. The van der Waals surface area contributed by atoms with Crippen molar-refractivity contribution < 1.29 is 17.6 Å². The predicted molar refractivity (Wildman–Crippen MR) is 58.2 cm³/mol. The van der Waals surface area contributed by atoms with Crippen LogP contribution in [0.2, 0.25) is 0 Å². The monoisotopic (exact) mass is 245 g/mol. The number of hydrogen-bond donors (Lipinski definition) is 1. The zero-order valence-corrected chi connectivity index (χ0v) is 9.45. The minimum Gasteiger partial charge on any atom is -0.293 e. The third-order valence-electron chi connectivity index (χ3n) is 2.09. The Kier molecular flexibility index (Phi) is 3.77. The van der Waals surface area contributed by atoms with Gasteiger partial charge in [0.2, 0.25) is 10.0 Å². The topological polar surface area (TPSA) is 77.2 Å². The number of sulfonamides is 1. The van der Waals surface area contributed by atoms with Gasteiger partial charge in [0.05, 0.1) is 0 Å². The van der Waals surface area contributed by atoms with Gasteiger partial charge in [0.25, 0.3) is 0 Å². The van der Waals surface area contributed by atoms with Gasteiger partial charge in [0.15, 0.2) is 11.0 Å². The maximum Gasteiger partial charge on any atom is 0.222 e. The Labute approximate surface area is 93.3 Å². The van der Waals surface area contributed by atoms with Gasteiger partial charge >= 0.3 is 0 Å². The second-order valence-electron chi connectivity index (χ2n) is 3.42. The second-order valence-corrected chi connectivity index (χ2v) is 5.10. The van der Waals surface area contributed by atoms with Crippen molar-refractivity contribution in [3.05, 3.63) is 35.9 Å². The molecule has 6 heteroatoms. The maximum absolute atomic E-state index is 13.1. The van der Waals surface area contributed by atoms with Crippen molar-refractivity contribution in [2.24, 2.45) is 5.14 Å². The first-order valence-electron chi connectivity index (χ1n) is 4.59. The molecule has 16 heavy (non-hydrogen) atoms. The van der Waals surface area contributed by atoms with Crippen LogP contribution in [0.3, 0.4) is 0 Å². The normalized spacial score (nSPS) is 15.4. The van der Waals surface area contributed by atoms with Crippen molar-refractivity contribution in [2.45, 2.75) is 18.3 Å². The summed E-state index contributed by atoms with van der Waals surface area (Å²) in [5, 5.41) is 2.99. The fourth-order valence-corrected chi connectivity index (χ4v) is 2.34. The molecule has 0 aliphatic heterocycles. The molecule has 2 N–H and O–H groups in total. The Morgan fingerprint density at radius 1 is 1.31 bits per heavy atom. The molecule has 1 rings (SSSR count). The molecule has 0 aromatic heterocycles. The third-order valence-corrected chi connectivity index (χ3v) is 3.38. The molecule has 88 valence electrons. The molecule has 0 bridgehead atoms. The third kappa shape index (κ3) is 2.86. The fourth-order valence-electron chi connectivity index (χ4n) is 1.39. The van der Waals surface area contributed by atoms with Gasteiger partial charge in [-0.15, -0.1) is 0 Å². The van der Waals surface area contributed by atoms with Gasteiger partial charge < -0.3 is 0 Å². The molecular weight excluding hydrogens is 233 g/mol. The van der Waals surface area contributed by atoms with E-state index in [0.717, 1.165) is 6.92 Å². The summed E-state index contributed by atoms with van der Waals surface area (Å²) in [6.07, 6.45) is -1.84. The fraction of sp³-hybridized carbons (Fsp3) is 0.300. The Morgan fingerprint density at radius 2 is 1.81 bits per heavy atom. The van der Waals surface area contributed by atoms with Crippen LogP contribution in [0.4, 0.5) is 4.39 Å². The van der Waals surface area contributed by atoms with E-state index in [0.29, 0.717) is 0 Å². The number of ketones is 1. The lowest BCUT2D eigenvalue weighted by Gasteiger charge is -2.14. The summed E-state index contributed by atoms with van der Waals surface area (Å²) in [7, 11) is -4.24. The summed E-state index contributed by atoms with van der Waals surface area (Å²) in [5.41, 5.74) is 0.131. The standard InChI is InChI=1S/C10H12FNO3S/c1-7(11)10(16(12,14)15)9(13)8-5-3-2-4-6-8/h2-7,10H,1H3,(H2,12,14,15). The lowest BCUT2D eigenvalue weighted by molar-refractivity contribution is 0.0958. The van der Waals surface area contributed by atoms with Crippen LogP contribution in [0.5, 0.6) is 0 Å². The summed E-state index contributed by atoms with van der Waals surface area (Å²) in [6.45, 7) is 0.996. The van der Waals surface area contributed by atoms with Gasteiger partial charge in [0, 0.05) is 5.56 Å². The highest BCUT2D eigenvalue weighted by Gasteiger charge is 2.35. The number of nitrogens with two attached hydrogens (primary N) is 1. The van der Waals surface area contributed by atoms with Crippen molar-refractivity contribution in [1.82, 2.24) is 0 Å². The molecule has 0 saturated heterocycles. The van der Waals surface area contributed by atoms with Crippen molar-refractivity contribution in [2.75, 3.05) is 0 Å². The van der Waals surface area contributed by atoms with Gasteiger partial charge in [-0.2, -0.15) is 0 Å². The number of carbonyl (C=O) groups is 1. The van der Waals surface area contributed by atoms with Crippen LogP contribution in [0.15, 0.2) is 30.3 Å². The number of primary sulfonamides is 1. The molecule has 1 aromatic carbocycles. The number of hydrogen-bond acceptors (Lipinski definition) is 3. The second kappa shape index (κ2) is 4.71. The lowest BCUT2D eigenvalue weighted by atomic mass is 10.1.